The van der Waals surface area contributed by atoms with Crippen LogP contribution in [0.15, 0.2) is 24.3 Å². The van der Waals surface area contributed by atoms with Gasteiger partial charge in [0.15, 0.2) is 6.10 Å². The van der Waals surface area contributed by atoms with Gasteiger partial charge >= 0.3 is 5.97 Å². The lowest BCUT2D eigenvalue weighted by Gasteiger charge is -2.13. The summed E-state index contributed by atoms with van der Waals surface area (Å²) in [5.74, 6) is -0.902. The Morgan fingerprint density at radius 3 is 2.78 bits per heavy atom. The Morgan fingerprint density at radius 2 is 2.09 bits per heavy atom. The number of anilines is 1. The molecule has 1 amide bonds. The third-order valence-electron chi connectivity index (χ3n) is 3.92. The molecule has 0 aliphatic carbocycles. The number of amides is 1. The molecule has 0 spiro atoms. The van der Waals surface area contributed by atoms with Crippen LogP contribution in [-0.4, -0.2) is 38.7 Å². The van der Waals surface area contributed by atoms with Crippen LogP contribution in [0.3, 0.4) is 0 Å². The number of rotatable bonds is 5. The van der Waals surface area contributed by atoms with E-state index >= 15 is 0 Å². The Bertz CT molecular complexity index is 740. The van der Waals surface area contributed by atoms with Crippen molar-refractivity contribution in [2.45, 2.75) is 44.9 Å². The average molecular weight is 317 g/mol. The van der Waals surface area contributed by atoms with Gasteiger partial charge in [-0.05, 0) is 31.4 Å². The Labute approximate surface area is 133 Å². The molecule has 0 unspecified atom stereocenters. The molecule has 122 valence electrons. The molecule has 1 aromatic carbocycles. The lowest BCUT2D eigenvalue weighted by molar-refractivity contribution is -0.150. The molecule has 1 fully saturated rings. The standard InChI is InChI=1S/C16H19N3O4/c1-2-9-19-11-6-4-3-5-10(11)17-16(19)18-14(20)12-7-8-13(23-12)15(21)22/h3-6,12-13H,2,7-9H2,1H3,(H,21,22)(H,17,18,20)/t12-,13+/m0/s1. The van der Waals surface area contributed by atoms with Gasteiger partial charge in [-0.2, -0.15) is 0 Å². The van der Waals surface area contributed by atoms with E-state index in [9.17, 15) is 9.59 Å². The van der Waals surface area contributed by atoms with Gasteiger partial charge in [-0.1, -0.05) is 19.1 Å². The van der Waals surface area contributed by atoms with Crippen LogP contribution in [0.1, 0.15) is 26.2 Å². The summed E-state index contributed by atoms with van der Waals surface area (Å²) < 4.78 is 7.24. The number of benzene rings is 1. The molecule has 0 bridgehead atoms. The minimum absolute atomic E-state index is 0.346. The number of nitrogens with one attached hydrogen (secondary N) is 1. The van der Waals surface area contributed by atoms with E-state index in [4.69, 9.17) is 9.84 Å². The maximum atomic E-state index is 12.3. The number of carboxylic acids is 1. The molecule has 1 aliphatic rings. The lowest BCUT2D eigenvalue weighted by atomic mass is 10.2. The molecule has 1 saturated heterocycles. The van der Waals surface area contributed by atoms with Crippen LogP contribution >= 0.6 is 0 Å². The molecule has 2 atom stereocenters. The maximum Gasteiger partial charge on any atom is 0.332 e. The van der Waals surface area contributed by atoms with Crippen molar-refractivity contribution in [3.05, 3.63) is 24.3 Å². The van der Waals surface area contributed by atoms with Crippen molar-refractivity contribution in [3.8, 4) is 0 Å². The largest absolute Gasteiger partial charge is 0.479 e. The molecule has 1 aliphatic heterocycles. The third kappa shape index (κ3) is 3.05. The van der Waals surface area contributed by atoms with E-state index in [2.05, 4.69) is 17.2 Å². The number of fused-ring (bicyclic) bond motifs is 1. The van der Waals surface area contributed by atoms with E-state index in [1.807, 2.05) is 28.8 Å². The summed E-state index contributed by atoms with van der Waals surface area (Å²) in [7, 11) is 0. The number of aromatic nitrogens is 2. The summed E-state index contributed by atoms with van der Waals surface area (Å²) >= 11 is 0. The van der Waals surface area contributed by atoms with Crippen molar-refractivity contribution in [1.82, 2.24) is 9.55 Å². The van der Waals surface area contributed by atoms with Crippen molar-refractivity contribution in [1.29, 1.82) is 0 Å². The van der Waals surface area contributed by atoms with Gasteiger partial charge in [-0.3, -0.25) is 10.1 Å². The molecule has 2 aromatic rings. The van der Waals surface area contributed by atoms with E-state index in [0.29, 0.717) is 18.8 Å². The van der Waals surface area contributed by atoms with Crippen LogP contribution in [0.25, 0.3) is 11.0 Å². The topological polar surface area (TPSA) is 93.5 Å². The maximum absolute atomic E-state index is 12.3. The third-order valence-corrected chi connectivity index (χ3v) is 3.92. The number of imidazole rings is 1. The predicted octanol–water partition coefficient (Wildman–Crippen LogP) is 2.02. The first-order valence-corrected chi connectivity index (χ1v) is 7.74. The van der Waals surface area contributed by atoms with Crippen molar-refractivity contribution in [3.63, 3.8) is 0 Å². The van der Waals surface area contributed by atoms with Crippen LogP contribution in [0.4, 0.5) is 5.95 Å². The highest BCUT2D eigenvalue weighted by Crippen LogP contribution is 2.23. The van der Waals surface area contributed by atoms with Crippen LogP contribution in [0.5, 0.6) is 0 Å². The molecule has 2 heterocycles. The van der Waals surface area contributed by atoms with Crippen LogP contribution < -0.4 is 5.32 Å². The monoisotopic (exact) mass is 317 g/mol. The Kier molecular flexibility index (Phi) is 4.29. The zero-order chi connectivity index (χ0) is 16.4. The van der Waals surface area contributed by atoms with Crippen LogP contribution in [0.2, 0.25) is 0 Å². The van der Waals surface area contributed by atoms with Crippen molar-refractivity contribution in [2.75, 3.05) is 5.32 Å². The second-order valence-electron chi connectivity index (χ2n) is 5.59. The number of ether oxygens (including phenoxy) is 1. The van der Waals surface area contributed by atoms with Crippen molar-refractivity contribution < 1.29 is 19.4 Å². The minimum Gasteiger partial charge on any atom is -0.479 e. The average Bonchev–Trinajstić information content (AvgIpc) is 3.14. The van der Waals surface area contributed by atoms with Gasteiger partial charge in [-0.25, -0.2) is 9.78 Å². The van der Waals surface area contributed by atoms with E-state index < -0.39 is 18.2 Å². The predicted molar refractivity (Wildman–Crippen MR) is 84.2 cm³/mol. The number of aryl methyl sites for hydroxylation is 1. The van der Waals surface area contributed by atoms with Crippen LogP contribution in [-0.2, 0) is 20.9 Å². The van der Waals surface area contributed by atoms with Gasteiger partial charge < -0.3 is 14.4 Å². The Morgan fingerprint density at radius 1 is 1.35 bits per heavy atom. The molecule has 23 heavy (non-hydrogen) atoms. The van der Waals surface area contributed by atoms with E-state index in [1.165, 1.54) is 0 Å². The van der Waals surface area contributed by atoms with E-state index in [1.54, 1.807) is 0 Å². The van der Waals surface area contributed by atoms with Crippen LogP contribution in [0, 0.1) is 0 Å². The quantitative estimate of drug-likeness (QED) is 0.880. The van der Waals surface area contributed by atoms with Gasteiger partial charge in [0, 0.05) is 6.54 Å². The number of carboxylic acid groups (broad SMARTS) is 1. The van der Waals surface area contributed by atoms with Gasteiger partial charge in [-0.15, -0.1) is 0 Å². The minimum atomic E-state index is -1.03. The number of hydrogen-bond acceptors (Lipinski definition) is 4. The Hall–Kier alpha value is -2.41. The SMILES string of the molecule is CCCn1c(NC(=O)[C@@H]2CC[C@H](C(=O)O)O2)nc2ccccc21. The van der Waals surface area contributed by atoms with Gasteiger partial charge in [0.25, 0.3) is 5.91 Å². The zero-order valence-corrected chi connectivity index (χ0v) is 12.9. The molecule has 1 aromatic heterocycles. The molecular weight excluding hydrogens is 298 g/mol. The summed E-state index contributed by atoms with van der Waals surface area (Å²) in [6.07, 6.45) is 0.00558. The number of hydrogen-bond donors (Lipinski definition) is 2. The zero-order valence-electron chi connectivity index (χ0n) is 12.9. The first kappa shape index (κ1) is 15.5. The number of nitrogens with zero attached hydrogens (tertiary/aromatic N) is 2. The first-order chi connectivity index (χ1) is 11.1. The summed E-state index contributed by atoms with van der Waals surface area (Å²) in [5, 5.41) is 11.7. The molecule has 7 heteroatoms. The van der Waals surface area contributed by atoms with Gasteiger partial charge in [0.2, 0.25) is 5.95 Å². The number of aliphatic carboxylic acids is 1. The highest BCUT2D eigenvalue weighted by Gasteiger charge is 2.35. The van der Waals surface area contributed by atoms with Gasteiger partial charge in [0.05, 0.1) is 11.0 Å². The molecule has 2 N–H and O–H groups in total. The second kappa shape index (κ2) is 6.37. The molecule has 3 rings (SSSR count). The summed E-state index contributed by atoms with van der Waals surface area (Å²) in [6.45, 7) is 2.79. The second-order valence-corrected chi connectivity index (χ2v) is 5.59. The molecular formula is C16H19N3O4. The lowest BCUT2D eigenvalue weighted by Crippen LogP contribution is -2.31. The normalized spacial score (nSPS) is 20.7. The molecule has 7 nitrogen and oxygen atoms in total. The fourth-order valence-electron chi connectivity index (χ4n) is 2.82. The van der Waals surface area contributed by atoms with Gasteiger partial charge in [0.1, 0.15) is 6.10 Å². The summed E-state index contributed by atoms with van der Waals surface area (Å²) in [4.78, 5) is 27.7. The van der Waals surface area contributed by atoms with Crippen molar-refractivity contribution in [2.24, 2.45) is 0 Å². The highest BCUT2D eigenvalue weighted by molar-refractivity contribution is 5.95. The number of para-hydroxylation sites is 2. The Balaban J connectivity index is 1.80. The van der Waals surface area contributed by atoms with E-state index in [0.717, 1.165) is 24.0 Å². The smallest absolute Gasteiger partial charge is 0.332 e. The summed E-state index contributed by atoms with van der Waals surface area (Å²) in [5.41, 5.74) is 1.77. The highest BCUT2D eigenvalue weighted by atomic mass is 16.5. The fourth-order valence-corrected chi connectivity index (χ4v) is 2.82. The van der Waals surface area contributed by atoms with E-state index in [-0.39, 0.29) is 5.91 Å². The van der Waals surface area contributed by atoms with Crippen molar-refractivity contribution >= 4 is 28.9 Å². The fraction of sp³-hybridized carbons (Fsp3) is 0.438. The first-order valence-electron chi connectivity index (χ1n) is 7.74. The number of carbonyl (C=O) groups is 2. The molecule has 0 saturated carbocycles. The number of carbonyl (C=O) groups excluding carboxylic acids is 1. The summed E-state index contributed by atoms with van der Waals surface area (Å²) in [6, 6.07) is 7.68. The molecule has 0 radical (unpaired) electrons.